The van der Waals surface area contributed by atoms with E-state index in [1.54, 1.807) is 12.1 Å². The molecule has 1 aliphatic rings. The average Bonchev–Trinajstić information content (AvgIpc) is 3.32. The largest absolute Gasteiger partial charge is 0.496 e. The van der Waals surface area contributed by atoms with Gasteiger partial charge in [0, 0.05) is 18.2 Å². The minimum atomic E-state index is -0.927. The van der Waals surface area contributed by atoms with Crippen molar-refractivity contribution in [1.29, 1.82) is 0 Å². The van der Waals surface area contributed by atoms with Gasteiger partial charge in [0.2, 0.25) is 5.91 Å². The van der Waals surface area contributed by atoms with Crippen LogP contribution in [0.5, 0.6) is 17.2 Å². The Balaban J connectivity index is 2.06. The van der Waals surface area contributed by atoms with Crippen LogP contribution in [0.25, 0.3) is 0 Å². The summed E-state index contributed by atoms with van der Waals surface area (Å²) in [6.07, 6.45) is 0.393. The van der Waals surface area contributed by atoms with Gasteiger partial charge in [-0.1, -0.05) is 0 Å². The molecule has 120 valence electrons. The summed E-state index contributed by atoms with van der Waals surface area (Å²) in [4.78, 5) is 22.7. The number of ether oxygens (including phenoxy) is 3. The van der Waals surface area contributed by atoms with Crippen LogP contribution in [-0.2, 0) is 16.1 Å². The molecule has 1 aliphatic carbocycles. The molecule has 2 atom stereocenters. The van der Waals surface area contributed by atoms with Gasteiger partial charge in [0.25, 0.3) is 0 Å². The zero-order chi connectivity index (χ0) is 16.3. The second-order valence-corrected chi connectivity index (χ2v) is 5.02. The summed E-state index contributed by atoms with van der Waals surface area (Å²) < 4.78 is 15.7. The Kier molecular flexibility index (Phi) is 4.75. The van der Waals surface area contributed by atoms with Gasteiger partial charge < -0.3 is 24.6 Å². The molecule has 1 fully saturated rings. The molecule has 7 heteroatoms. The van der Waals surface area contributed by atoms with Crippen LogP contribution in [0.3, 0.4) is 0 Å². The Bertz CT molecular complexity index is 586. The van der Waals surface area contributed by atoms with Crippen molar-refractivity contribution >= 4 is 11.9 Å². The molecule has 0 spiro atoms. The normalized spacial score (nSPS) is 19.2. The van der Waals surface area contributed by atoms with Crippen LogP contribution < -0.4 is 19.5 Å². The zero-order valence-electron chi connectivity index (χ0n) is 12.7. The number of rotatable bonds is 7. The highest BCUT2D eigenvalue weighted by Crippen LogP contribution is 2.39. The quantitative estimate of drug-likeness (QED) is 0.782. The second-order valence-electron chi connectivity index (χ2n) is 5.02. The summed E-state index contributed by atoms with van der Waals surface area (Å²) >= 11 is 0. The number of carboxylic acids is 1. The molecule has 0 heterocycles. The lowest BCUT2D eigenvalue weighted by Crippen LogP contribution is -2.26. The van der Waals surface area contributed by atoms with Crippen molar-refractivity contribution in [2.75, 3.05) is 21.3 Å². The lowest BCUT2D eigenvalue weighted by atomic mass is 10.1. The van der Waals surface area contributed by atoms with Crippen molar-refractivity contribution in [2.24, 2.45) is 11.8 Å². The molecule has 0 saturated heterocycles. The molecule has 1 aromatic carbocycles. The van der Waals surface area contributed by atoms with Gasteiger partial charge >= 0.3 is 5.97 Å². The van der Waals surface area contributed by atoms with E-state index in [1.807, 2.05) is 0 Å². The Morgan fingerprint density at radius 1 is 1.09 bits per heavy atom. The monoisotopic (exact) mass is 309 g/mol. The van der Waals surface area contributed by atoms with Crippen molar-refractivity contribution in [3.8, 4) is 17.2 Å². The van der Waals surface area contributed by atoms with E-state index in [1.165, 1.54) is 21.3 Å². The van der Waals surface area contributed by atoms with Gasteiger partial charge in [0.1, 0.15) is 5.75 Å². The average molecular weight is 309 g/mol. The van der Waals surface area contributed by atoms with Crippen LogP contribution in [0, 0.1) is 11.8 Å². The Labute approximate surface area is 128 Å². The van der Waals surface area contributed by atoms with E-state index in [4.69, 9.17) is 19.3 Å². The van der Waals surface area contributed by atoms with Crippen molar-refractivity contribution in [3.63, 3.8) is 0 Å². The van der Waals surface area contributed by atoms with E-state index >= 15 is 0 Å². The number of amides is 1. The van der Waals surface area contributed by atoms with Gasteiger partial charge in [0.05, 0.1) is 33.2 Å². The third-order valence-corrected chi connectivity index (χ3v) is 3.68. The van der Waals surface area contributed by atoms with Gasteiger partial charge in [-0.05, 0) is 12.5 Å². The van der Waals surface area contributed by atoms with E-state index < -0.39 is 17.8 Å². The van der Waals surface area contributed by atoms with Gasteiger partial charge in [-0.3, -0.25) is 9.59 Å². The second kappa shape index (κ2) is 6.55. The van der Waals surface area contributed by atoms with Gasteiger partial charge in [-0.2, -0.15) is 0 Å². The first-order chi connectivity index (χ1) is 10.5. The summed E-state index contributed by atoms with van der Waals surface area (Å²) in [5.74, 6) is -0.572. The van der Waals surface area contributed by atoms with E-state index in [-0.39, 0.29) is 12.5 Å². The van der Waals surface area contributed by atoms with Crippen LogP contribution in [0.4, 0.5) is 0 Å². The highest BCUT2D eigenvalue weighted by Gasteiger charge is 2.48. The molecule has 2 rings (SSSR count). The Hall–Kier alpha value is -2.44. The van der Waals surface area contributed by atoms with E-state index in [2.05, 4.69) is 5.32 Å². The predicted octanol–water partition coefficient (Wildman–Crippen LogP) is 1.05. The fourth-order valence-corrected chi connectivity index (χ4v) is 2.30. The molecular weight excluding hydrogens is 290 g/mol. The first kappa shape index (κ1) is 15.9. The SMILES string of the molecule is COc1cc(OC)c(OC)cc1CNC(=O)C1CC1C(=O)O. The number of aliphatic carboxylic acids is 1. The number of carbonyl (C=O) groups excluding carboxylic acids is 1. The highest BCUT2D eigenvalue weighted by atomic mass is 16.5. The van der Waals surface area contributed by atoms with Crippen LogP contribution in [0.15, 0.2) is 12.1 Å². The minimum Gasteiger partial charge on any atom is -0.496 e. The summed E-state index contributed by atoms with van der Waals surface area (Å²) in [5.41, 5.74) is 0.723. The molecule has 0 aliphatic heterocycles. The number of hydrogen-bond acceptors (Lipinski definition) is 5. The van der Waals surface area contributed by atoms with Gasteiger partial charge in [-0.25, -0.2) is 0 Å². The molecule has 0 radical (unpaired) electrons. The number of methoxy groups -OCH3 is 3. The molecule has 7 nitrogen and oxygen atoms in total. The molecular formula is C15H19NO6. The minimum absolute atomic E-state index is 0.227. The Morgan fingerprint density at radius 3 is 2.18 bits per heavy atom. The standard InChI is InChI=1S/C15H19NO6/c1-20-11-6-13(22-3)12(21-2)4-8(11)7-16-14(17)9-5-10(9)15(18)19/h4,6,9-10H,5,7H2,1-3H3,(H,16,17)(H,18,19). The van der Waals surface area contributed by atoms with Crippen molar-refractivity contribution in [2.45, 2.75) is 13.0 Å². The number of hydrogen-bond donors (Lipinski definition) is 2. The first-order valence-corrected chi connectivity index (χ1v) is 6.81. The summed E-state index contributed by atoms with van der Waals surface area (Å²) in [7, 11) is 4.57. The number of benzene rings is 1. The molecule has 0 bridgehead atoms. The van der Waals surface area contributed by atoms with Crippen LogP contribution >= 0.6 is 0 Å². The lowest BCUT2D eigenvalue weighted by Gasteiger charge is -2.14. The maximum atomic E-state index is 11.9. The summed E-state index contributed by atoms with van der Waals surface area (Å²) in [6, 6.07) is 3.40. The summed E-state index contributed by atoms with van der Waals surface area (Å²) in [6.45, 7) is 0.227. The predicted molar refractivity (Wildman–Crippen MR) is 77.2 cm³/mol. The van der Waals surface area contributed by atoms with E-state index in [9.17, 15) is 9.59 Å². The van der Waals surface area contributed by atoms with Crippen molar-refractivity contribution in [3.05, 3.63) is 17.7 Å². The van der Waals surface area contributed by atoms with Crippen LogP contribution in [-0.4, -0.2) is 38.3 Å². The maximum Gasteiger partial charge on any atom is 0.307 e. The molecule has 22 heavy (non-hydrogen) atoms. The lowest BCUT2D eigenvalue weighted by molar-refractivity contribution is -0.140. The number of nitrogens with one attached hydrogen (secondary N) is 1. The Morgan fingerprint density at radius 2 is 1.68 bits per heavy atom. The molecule has 1 saturated carbocycles. The van der Waals surface area contributed by atoms with Crippen molar-refractivity contribution < 1.29 is 28.9 Å². The smallest absolute Gasteiger partial charge is 0.307 e. The fraction of sp³-hybridized carbons (Fsp3) is 0.467. The molecule has 2 unspecified atom stereocenters. The maximum absolute atomic E-state index is 11.9. The fourth-order valence-electron chi connectivity index (χ4n) is 2.30. The number of carbonyl (C=O) groups is 2. The first-order valence-electron chi connectivity index (χ1n) is 6.81. The van der Waals surface area contributed by atoms with Gasteiger partial charge in [0.15, 0.2) is 11.5 Å². The third kappa shape index (κ3) is 3.24. The van der Waals surface area contributed by atoms with Gasteiger partial charge in [-0.15, -0.1) is 0 Å². The zero-order valence-corrected chi connectivity index (χ0v) is 12.7. The summed E-state index contributed by atoms with van der Waals surface area (Å²) in [5, 5.41) is 11.6. The highest BCUT2D eigenvalue weighted by molar-refractivity contribution is 5.89. The van der Waals surface area contributed by atoms with E-state index in [0.717, 1.165) is 5.56 Å². The molecule has 1 amide bonds. The molecule has 2 N–H and O–H groups in total. The third-order valence-electron chi connectivity index (χ3n) is 3.68. The number of carboxylic acid groups (broad SMARTS) is 1. The van der Waals surface area contributed by atoms with Crippen molar-refractivity contribution in [1.82, 2.24) is 5.32 Å². The topological polar surface area (TPSA) is 94.1 Å². The molecule has 1 aromatic rings. The van der Waals surface area contributed by atoms with Crippen LogP contribution in [0.1, 0.15) is 12.0 Å². The van der Waals surface area contributed by atoms with Crippen LogP contribution in [0.2, 0.25) is 0 Å². The molecule has 0 aromatic heterocycles. The van der Waals surface area contributed by atoms with E-state index in [0.29, 0.717) is 23.7 Å².